The third-order valence-electron chi connectivity index (χ3n) is 3.91. The first-order valence-corrected chi connectivity index (χ1v) is 8.14. The van der Waals surface area contributed by atoms with Crippen LogP contribution in [0.5, 0.6) is 0 Å². The van der Waals surface area contributed by atoms with Gasteiger partial charge >= 0.3 is 0 Å². The second-order valence-corrected chi connectivity index (χ2v) is 5.85. The fraction of sp³-hybridized carbons (Fsp3) is 0.222. The minimum Gasteiger partial charge on any atom is -0.352 e. The second-order valence-electron chi connectivity index (χ2n) is 5.44. The highest BCUT2D eigenvalue weighted by Gasteiger charge is 2.12. The van der Waals surface area contributed by atoms with Crippen LogP contribution < -0.4 is 5.32 Å². The monoisotopic (exact) mass is 345 g/mol. The molecule has 0 aliphatic carbocycles. The van der Waals surface area contributed by atoms with E-state index >= 15 is 0 Å². The molecule has 0 spiro atoms. The molecule has 1 N–H and O–H groups in total. The number of aryl methyl sites for hydroxylation is 1. The third-order valence-corrected chi connectivity index (χ3v) is 4.23. The fourth-order valence-electron chi connectivity index (χ4n) is 2.72. The highest BCUT2D eigenvalue weighted by Crippen LogP contribution is 2.20. The summed E-state index contributed by atoms with van der Waals surface area (Å²) in [5, 5.41) is 4.03. The Bertz CT molecular complexity index is 891. The predicted molar refractivity (Wildman–Crippen MR) is 92.9 cm³/mol. The molecule has 0 aliphatic heterocycles. The Labute approximate surface area is 144 Å². The van der Waals surface area contributed by atoms with Crippen molar-refractivity contribution in [1.82, 2.24) is 14.9 Å². The number of nitrogens with one attached hydrogen (secondary N) is 1. The highest BCUT2D eigenvalue weighted by molar-refractivity contribution is 6.33. The van der Waals surface area contributed by atoms with Crippen LogP contribution in [0.15, 0.2) is 42.7 Å². The molecule has 3 rings (SSSR count). The van der Waals surface area contributed by atoms with Crippen molar-refractivity contribution in [2.24, 2.45) is 0 Å². The molecule has 124 valence electrons. The zero-order valence-electron chi connectivity index (χ0n) is 13.2. The zero-order chi connectivity index (χ0) is 17.1. The number of nitrogens with zero attached hydrogens (tertiary/aromatic N) is 2. The van der Waals surface area contributed by atoms with E-state index in [0.29, 0.717) is 13.0 Å². The Kier molecular flexibility index (Phi) is 4.81. The van der Waals surface area contributed by atoms with E-state index in [4.69, 9.17) is 11.6 Å². The summed E-state index contributed by atoms with van der Waals surface area (Å²) in [5.74, 6) is -0.770. The van der Waals surface area contributed by atoms with Gasteiger partial charge in [-0.1, -0.05) is 11.6 Å². The summed E-state index contributed by atoms with van der Waals surface area (Å²) in [5.41, 5.74) is 2.35. The van der Waals surface area contributed by atoms with Gasteiger partial charge in [0.2, 0.25) is 0 Å². The number of carbonyl (C=O) groups excluding carboxylic acids is 1. The SMILES string of the molecule is CCn1cc(CCNC(=O)c2ccc(F)cc2Cl)c2cccnc21. The van der Waals surface area contributed by atoms with Crippen LogP contribution in [0.4, 0.5) is 4.39 Å². The molecule has 0 atom stereocenters. The minimum absolute atomic E-state index is 0.110. The summed E-state index contributed by atoms with van der Waals surface area (Å²) in [6.45, 7) is 3.37. The van der Waals surface area contributed by atoms with Crippen LogP contribution in [0.1, 0.15) is 22.8 Å². The van der Waals surface area contributed by atoms with Crippen LogP contribution >= 0.6 is 11.6 Å². The number of pyridine rings is 1. The van der Waals surface area contributed by atoms with E-state index in [1.165, 1.54) is 12.1 Å². The number of rotatable bonds is 5. The van der Waals surface area contributed by atoms with E-state index < -0.39 is 5.82 Å². The van der Waals surface area contributed by atoms with Gasteiger partial charge in [0, 0.05) is 30.9 Å². The van der Waals surface area contributed by atoms with E-state index in [9.17, 15) is 9.18 Å². The Morgan fingerprint density at radius 3 is 2.96 bits per heavy atom. The first kappa shape index (κ1) is 16.5. The maximum Gasteiger partial charge on any atom is 0.252 e. The predicted octanol–water partition coefficient (Wildman–Crippen LogP) is 3.82. The van der Waals surface area contributed by atoms with Gasteiger partial charge in [-0.15, -0.1) is 0 Å². The van der Waals surface area contributed by atoms with E-state index in [-0.39, 0.29) is 16.5 Å². The van der Waals surface area contributed by atoms with Crippen LogP contribution in [-0.4, -0.2) is 22.0 Å². The number of benzene rings is 1. The van der Waals surface area contributed by atoms with Crippen LogP contribution in [0.2, 0.25) is 5.02 Å². The highest BCUT2D eigenvalue weighted by atomic mass is 35.5. The molecule has 2 heterocycles. The Hall–Kier alpha value is -2.40. The van der Waals surface area contributed by atoms with Crippen molar-refractivity contribution in [1.29, 1.82) is 0 Å². The number of aromatic nitrogens is 2. The van der Waals surface area contributed by atoms with E-state index in [1.807, 2.05) is 12.1 Å². The van der Waals surface area contributed by atoms with Gasteiger partial charge in [0.25, 0.3) is 5.91 Å². The molecule has 3 aromatic rings. The second kappa shape index (κ2) is 7.01. The number of hydrogen-bond donors (Lipinski definition) is 1. The first-order chi connectivity index (χ1) is 11.6. The van der Waals surface area contributed by atoms with E-state index in [0.717, 1.165) is 29.2 Å². The summed E-state index contributed by atoms with van der Waals surface area (Å²) < 4.78 is 15.1. The van der Waals surface area contributed by atoms with Gasteiger partial charge in [-0.05, 0) is 49.2 Å². The molecule has 0 radical (unpaired) electrons. The van der Waals surface area contributed by atoms with Crippen molar-refractivity contribution < 1.29 is 9.18 Å². The third kappa shape index (κ3) is 3.26. The lowest BCUT2D eigenvalue weighted by molar-refractivity contribution is 0.0954. The molecule has 0 saturated heterocycles. The van der Waals surface area contributed by atoms with Crippen molar-refractivity contribution in [3.63, 3.8) is 0 Å². The number of amides is 1. The Morgan fingerprint density at radius 1 is 1.38 bits per heavy atom. The molecule has 1 aromatic carbocycles. The molecule has 0 saturated carbocycles. The summed E-state index contributed by atoms with van der Waals surface area (Å²) in [7, 11) is 0. The quantitative estimate of drug-likeness (QED) is 0.764. The van der Waals surface area contributed by atoms with Gasteiger partial charge in [0.05, 0.1) is 10.6 Å². The van der Waals surface area contributed by atoms with Gasteiger partial charge < -0.3 is 9.88 Å². The molecule has 6 heteroatoms. The first-order valence-electron chi connectivity index (χ1n) is 7.76. The van der Waals surface area contributed by atoms with Crippen LogP contribution in [-0.2, 0) is 13.0 Å². The molecule has 0 unspecified atom stereocenters. The van der Waals surface area contributed by atoms with Gasteiger partial charge in [-0.3, -0.25) is 4.79 Å². The maximum atomic E-state index is 13.0. The molecule has 4 nitrogen and oxygen atoms in total. The topological polar surface area (TPSA) is 46.9 Å². The molecule has 2 aromatic heterocycles. The normalized spacial score (nSPS) is 11.0. The number of carbonyl (C=O) groups is 1. The van der Waals surface area contributed by atoms with Crippen LogP contribution in [0, 0.1) is 5.82 Å². The smallest absolute Gasteiger partial charge is 0.252 e. The van der Waals surface area contributed by atoms with Gasteiger partial charge in [0.1, 0.15) is 11.5 Å². The summed E-state index contributed by atoms with van der Waals surface area (Å²) in [6, 6.07) is 7.68. The lowest BCUT2D eigenvalue weighted by atomic mass is 10.1. The number of fused-ring (bicyclic) bond motifs is 1. The van der Waals surface area contributed by atoms with Crippen LogP contribution in [0.25, 0.3) is 11.0 Å². The van der Waals surface area contributed by atoms with Crippen LogP contribution in [0.3, 0.4) is 0 Å². The van der Waals surface area contributed by atoms with Crippen molar-refractivity contribution in [2.75, 3.05) is 6.54 Å². The average Bonchev–Trinajstić information content (AvgIpc) is 2.93. The van der Waals surface area contributed by atoms with Crippen molar-refractivity contribution in [3.05, 3.63) is 64.7 Å². The lowest BCUT2D eigenvalue weighted by Crippen LogP contribution is -2.26. The zero-order valence-corrected chi connectivity index (χ0v) is 14.0. The lowest BCUT2D eigenvalue weighted by Gasteiger charge is -2.06. The fourth-order valence-corrected chi connectivity index (χ4v) is 2.97. The Morgan fingerprint density at radius 2 is 2.21 bits per heavy atom. The standard InChI is InChI=1S/C18H17ClFN3O/c1-2-23-11-12(14-4-3-8-21-17(14)23)7-9-22-18(24)15-6-5-13(20)10-16(15)19/h3-6,8,10-11H,2,7,9H2,1H3,(H,22,24). The van der Waals surface area contributed by atoms with Crippen molar-refractivity contribution in [3.8, 4) is 0 Å². The molecular formula is C18H17ClFN3O. The molecule has 0 fully saturated rings. The van der Waals surface area contributed by atoms with Crippen molar-refractivity contribution in [2.45, 2.75) is 19.9 Å². The molecule has 0 bridgehead atoms. The van der Waals surface area contributed by atoms with E-state index in [1.54, 1.807) is 6.20 Å². The average molecular weight is 346 g/mol. The van der Waals surface area contributed by atoms with Gasteiger partial charge in [0.15, 0.2) is 0 Å². The van der Waals surface area contributed by atoms with E-state index in [2.05, 4.69) is 28.0 Å². The van der Waals surface area contributed by atoms with Gasteiger partial charge in [-0.2, -0.15) is 0 Å². The molecule has 24 heavy (non-hydrogen) atoms. The summed E-state index contributed by atoms with van der Waals surface area (Å²) in [4.78, 5) is 16.6. The maximum absolute atomic E-state index is 13.0. The molecular weight excluding hydrogens is 329 g/mol. The summed E-state index contributed by atoms with van der Waals surface area (Å²) in [6.07, 6.45) is 4.52. The Balaban J connectivity index is 1.69. The molecule has 1 amide bonds. The van der Waals surface area contributed by atoms with Gasteiger partial charge in [-0.25, -0.2) is 9.37 Å². The number of hydrogen-bond acceptors (Lipinski definition) is 2. The number of halogens is 2. The minimum atomic E-state index is -0.462. The summed E-state index contributed by atoms with van der Waals surface area (Å²) >= 11 is 5.91. The largest absolute Gasteiger partial charge is 0.352 e. The molecule has 0 aliphatic rings. The van der Waals surface area contributed by atoms with Crippen molar-refractivity contribution >= 4 is 28.5 Å².